The molecule has 7 heteroatoms. The molecule has 6 nitrogen and oxygen atoms in total. The molecule has 1 atom stereocenters. The number of hydrogen-bond donors (Lipinski definition) is 1. The van der Waals surface area contributed by atoms with E-state index in [2.05, 4.69) is 22.3 Å². The maximum Gasteiger partial charge on any atom is 0.264 e. The number of likely N-dealkylation sites (N-methyl/N-ethyl adjacent to an activating group) is 1. The third kappa shape index (κ3) is 4.23. The van der Waals surface area contributed by atoms with Crippen LogP contribution in [0.15, 0.2) is 42.5 Å². The van der Waals surface area contributed by atoms with Gasteiger partial charge in [-0.15, -0.1) is 0 Å². The number of carbonyl (C=O) groups excluding carboxylic acids is 2. The molecule has 1 saturated heterocycles. The number of benzene rings is 2. The summed E-state index contributed by atoms with van der Waals surface area (Å²) in [6, 6.07) is 13.9. The molecule has 0 saturated carbocycles. The minimum Gasteiger partial charge on any atom is -0.481 e. The molecule has 1 unspecified atom stereocenters. The van der Waals surface area contributed by atoms with Crippen LogP contribution < -0.4 is 15.0 Å². The molecule has 1 N–H and O–H groups in total. The van der Waals surface area contributed by atoms with Gasteiger partial charge in [-0.05, 0) is 37.1 Å². The largest absolute Gasteiger partial charge is 0.481 e. The number of halogens is 1. The number of nitrogens with zero attached hydrogens (tertiary/aromatic N) is 2. The number of amides is 2. The van der Waals surface area contributed by atoms with E-state index in [1.807, 2.05) is 18.2 Å². The quantitative estimate of drug-likeness (QED) is 0.818. The summed E-state index contributed by atoms with van der Waals surface area (Å²) in [5, 5.41) is 3.43. The molecular weight excluding hydrogens is 390 g/mol. The number of likely N-dealkylation sites (tertiary alicyclic amines) is 1. The van der Waals surface area contributed by atoms with Gasteiger partial charge in [0.25, 0.3) is 11.8 Å². The second kappa shape index (κ2) is 8.43. The minimum atomic E-state index is -0.238. The van der Waals surface area contributed by atoms with E-state index >= 15 is 0 Å². The molecule has 0 aliphatic carbocycles. The summed E-state index contributed by atoms with van der Waals surface area (Å²) in [6.45, 7) is 2.38. The van der Waals surface area contributed by atoms with Crippen LogP contribution in [0.4, 0.5) is 5.69 Å². The zero-order valence-corrected chi connectivity index (χ0v) is 17.1. The zero-order valence-electron chi connectivity index (χ0n) is 16.4. The van der Waals surface area contributed by atoms with E-state index < -0.39 is 0 Å². The molecule has 152 valence electrons. The lowest BCUT2D eigenvalue weighted by atomic mass is 10.1. The zero-order chi connectivity index (χ0) is 20.4. The van der Waals surface area contributed by atoms with Gasteiger partial charge in [-0.3, -0.25) is 14.5 Å². The lowest BCUT2D eigenvalue weighted by Crippen LogP contribution is -2.40. The van der Waals surface area contributed by atoms with E-state index in [1.165, 1.54) is 10.5 Å². The monoisotopic (exact) mass is 413 g/mol. The van der Waals surface area contributed by atoms with Gasteiger partial charge in [-0.1, -0.05) is 41.9 Å². The Kier molecular flexibility index (Phi) is 5.74. The number of hydrogen-bond acceptors (Lipinski definition) is 4. The van der Waals surface area contributed by atoms with Crippen LogP contribution in [0.2, 0.25) is 5.02 Å². The van der Waals surface area contributed by atoms with Crippen molar-refractivity contribution in [3.63, 3.8) is 0 Å². The van der Waals surface area contributed by atoms with Crippen LogP contribution in [-0.2, 0) is 11.3 Å². The SMILES string of the molecule is CN1C(=O)COc2c(C(=O)NCC3CCCN3Cc3ccccc3)cc(Cl)cc21. The molecule has 4 rings (SSSR count). The van der Waals surface area contributed by atoms with Gasteiger partial charge in [-0.2, -0.15) is 0 Å². The van der Waals surface area contributed by atoms with Gasteiger partial charge in [0.2, 0.25) is 0 Å². The highest BCUT2D eigenvalue weighted by Gasteiger charge is 2.29. The smallest absolute Gasteiger partial charge is 0.264 e. The van der Waals surface area contributed by atoms with Crippen molar-refractivity contribution in [2.45, 2.75) is 25.4 Å². The van der Waals surface area contributed by atoms with Crippen molar-refractivity contribution in [3.05, 3.63) is 58.6 Å². The molecule has 2 aromatic carbocycles. The summed E-state index contributed by atoms with van der Waals surface area (Å²) >= 11 is 6.20. The van der Waals surface area contributed by atoms with Gasteiger partial charge in [0.05, 0.1) is 11.3 Å². The summed E-state index contributed by atoms with van der Waals surface area (Å²) in [4.78, 5) is 28.7. The molecule has 0 bridgehead atoms. The predicted molar refractivity (Wildman–Crippen MR) is 113 cm³/mol. The third-order valence-corrected chi connectivity index (χ3v) is 5.80. The molecule has 1 fully saturated rings. The second-order valence-corrected chi connectivity index (χ2v) is 7.94. The Bertz CT molecular complexity index is 919. The maximum atomic E-state index is 12.9. The summed E-state index contributed by atoms with van der Waals surface area (Å²) in [5.41, 5.74) is 2.15. The third-order valence-electron chi connectivity index (χ3n) is 5.58. The van der Waals surface area contributed by atoms with Crippen molar-refractivity contribution < 1.29 is 14.3 Å². The van der Waals surface area contributed by atoms with Gasteiger partial charge in [0.1, 0.15) is 0 Å². The van der Waals surface area contributed by atoms with E-state index in [0.29, 0.717) is 34.6 Å². The topological polar surface area (TPSA) is 61.9 Å². The predicted octanol–water partition coefficient (Wildman–Crippen LogP) is 3.09. The average molecular weight is 414 g/mol. The fourth-order valence-corrected chi connectivity index (χ4v) is 4.18. The minimum absolute atomic E-state index is 0.0844. The highest BCUT2D eigenvalue weighted by molar-refractivity contribution is 6.31. The second-order valence-electron chi connectivity index (χ2n) is 7.51. The first-order valence-corrected chi connectivity index (χ1v) is 10.2. The van der Waals surface area contributed by atoms with Gasteiger partial charge in [-0.25, -0.2) is 0 Å². The molecule has 29 heavy (non-hydrogen) atoms. The van der Waals surface area contributed by atoms with Gasteiger partial charge < -0.3 is 15.0 Å². The lowest BCUT2D eigenvalue weighted by molar-refractivity contribution is -0.121. The van der Waals surface area contributed by atoms with Gasteiger partial charge in [0.15, 0.2) is 12.4 Å². The highest BCUT2D eigenvalue weighted by atomic mass is 35.5. The normalized spacial score (nSPS) is 19.0. The van der Waals surface area contributed by atoms with Crippen LogP contribution in [0.3, 0.4) is 0 Å². The van der Waals surface area contributed by atoms with E-state index in [0.717, 1.165) is 25.9 Å². The Morgan fingerprint density at radius 2 is 2.07 bits per heavy atom. The molecule has 2 aromatic rings. The standard InChI is InChI=1S/C22H24ClN3O3/c1-25-19-11-16(23)10-18(21(19)29-14-20(25)27)22(28)24-12-17-8-5-9-26(17)13-15-6-3-2-4-7-15/h2-4,6-7,10-11,17H,5,8-9,12-14H2,1H3,(H,24,28). The first-order chi connectivity index (χ1) is 14.0. The van der Waals surface area contributed by atoms with Crippen LogP contribution in [0.25, 0.3) is 0 Å². The van der Waals surface area contributed by atoms with Gasteiger partial charge in [0, 0.05) is 31.2 Å². The van der Waals surface area contributed by atoms with Crippen molar-refractivity contribution in [2.75, 3.05) is 31.6 Å². The van der Waals surface area contributed by atoms with Crippen molar-refractivity contribution in [1.82, 2.24) is 10.2 Å². The van der Waals surface area contributed by atoms with Crippen molar-refractivity contribution in [1.29, 1.82) is 0 Å². The lowest BCUT2D eigenvalue weighted by Gasteiger charge is -2.28. The first-order valence-electron chi connectivity index (χ1n) is 9.82. The number of fused-ring (bicyclic) bond motifs is 1. The molecule has 0 radical (unpaired) electrons. The number of anilines is 1. The van der Waals surface area contributed by atoms with Crippen LogP contribution in [0.1, 0.15) is 28.8 Å². The van der Waals surface area contributed by atoms with Crippen LogP contribution in [-0.4, -0.2) is 49.5 Å². The molecule has 0 spiro atoms. The fourth-order valence-electron chi connectivity index (χ4n) is 3.97. The van der Waals surface area contributed by atoms with E-state index in [4.69, 9.17) is 16.3 Å². The van der Waals surface area contributed by atoms with Crippen molar-refractivity contribution in [3.8, 4) is 5.75 Å². The highest BCUT2D eigenvalue weighted by Crippen LogP contribution is 2.37. The Morgan fingerprint density at radius 3 is 2.86 bits per heavy atom. The number of rotatable bonds is 5. The van der Waals surface area contributed by atoms with Crippen LogP contribution in [0.5, 0.6) is 5.75 Å². The molecule has 2 heterocycles. The summed E-state index contributed by atoms with van der Waals surface area (Å²) in [5.74, 6) is -0.00624. The van der Waals surface area contributed by atoms with E-state index in [9.17, 15) is 9.59 Å². The molecule has 0 aromatic heterocycles. The Balaban J connectivity index is 1.45. The maximum absolute atomic E-state index is 12.9. The number of ether oxygens (including phenoxy) is 1. The summed E-state index contributed by atoms with van der Waals surface area (Å²) < 4.78 is 5.56. The summed E-state index contributed by atoms with van der Waals surface area (Å²) in [6.07, 6.45) is 2.17. The average Bonchev–Trinajstić information content (AvgIpc) is 3.16. The Hall–Kier alpha value is -2.57. The fraction of sp³-hybridized carbons (Fsp3) is 0.364. The molecule has 2 aliphatic heterocycles. The number of carbonyl (C=O) groups is 2. The van der Waals surface area contributed by atoms with Crippen LogP contribution >= 0.6 is 11.6 Å². The molecule has 2 aliphatic rings. The van der Waals surface area contributed by atoms with Crippen molar-refractivity contribution >= 4 is 29.1 Å². The Morgan fingerprint density at radius 1 is 1.28 bits per heavy atom. The van der Waals surface area contributed by atoms with Crippen LogP contribution in [0, 0.1) is 0 Å². The van der Waals surface area contributed by atoms with E-state index in [1.54, 1.807) is 19.2 Å². The molecular formula is C22H24ClN3O3. The van der Waals surface area contributed by atoms with Crippen molar-refractivity contribution in [2.24, 2.45) is 0 Å². The Labute approximate surface area is 175 Å². The van der Waals surface area contributed by atoms with Gasteiger partial charge >= 0.3 is 0 Å². The first kappa shape index (κ1) is 19.7. The number of nitrogens with one attached hydrogen (secondary N) is 1. The summed E-state index contributed by atoms with van der Waals surface area (Å²) in [7, 11) is 1.65. The molecule has 2 amide bonds. The van der Waals surface area contributed by atoms with E-state index in [-0.39, 0.29) is 18.4 Å².